The van der Waals surface area contributed by atoms with Crippen LogP contribution in [0.2, 0.25) is 0 Å². The Labute approximate surface area is 290 Å². The van der Waals surface area contributed by atoms with Crippen LogP contribution in [0, 0.1) is 11.8 Å². The third kappa shape index (κ3) is 8.91. The number of carbonyl (C=O) groups excluding carboxylic acids is 3. The molecule has 0 saturated carbocycles. The predicted molar refractivity (Wildman–Crippen MR) is 189 cm³/mol. The molecule has 0 aromatic heterocycles. The van der Waals surface area contributed by atoms with E-state index < -0.39 is 29.7 Å². The van der Waals surface area contributed by atoms with E-state index in [1.54, 1.807) is 24.3 Å². The van der Waals surface area contributed by atoms with E-state index in [1.807, 2.05) is 68.4 Å². The second-order valence-electron chi connectivity index (χ2n) is 13.0. The lowest BCUT2D eigenvalue weighted by Crippen LogP contribution is -2.47. The van der Waals surface area contributed by atoms with Gasteiger partial charge in [0.25, 0.3) is 5.91 Å². The molecule has 50 heavy (non-hydrogen) atoms. The van der Waals surface area contributed by atoms with Gasteiger partial charge in [-0.25, -0.2) is 4.79 Å². The molecule has 1 aliphatic rings. The van der Waals surface area contributed by atoms with E-state index >= 15 is 0 Å². The van der Waals surface area contributed by atoms with Crippen LogP contribution in [-0.2, 0) is 20.5 Å². The highest BCUT2D eigenvalue weighted by Gasteiger charge is 2.35. The number of methoxy groups -OCH3 is 1. The molecule has 2 unspecified atom stereocenters. The average molecular weight is 686 g/mol. The maximum atomic E-state index is 13.8. The Morgan fingerprint density at radius 2 is 1.46 bits per heavy atom. The molecule has 4 aromatic carbocycles. The van der Waals surface area contributed by atoms with Gasteiger partial charge in [0.2, 0.25) is 5.91 Å². The highest BCUT2D eigenvalue weighted by molar-refractivity contribution is 6.08. The number of esters is 1. The highest BCUT2D eigenvalue weighted by atomic mass is 19.4. The van der Waals surface area contributed by atoms with Gasteiger partial charge in [-0.15, -0.1) is 0 Å². The standard InChI is InChI=1S/C40H42F3N3O4/c1-26(2)25-35(39(49)50-3)45-38(48)36(28-9-5-4-6-10-28)29-21-23-46(24-22-29)32-19-17-31(18-20-32)44-37(47)34-12-8-7-11-33(34)27-13-15-30(16-14-27)40(41,42)43/h4-20,26,29,35-36H,21-25H2,1-3H3,(H,44,47)(H,45,48). The first-order chi connectivity index (χ1) is 23.9. The third-order valence-electron chi connectivity index (χ3n) is 9.15. The van der Waals surface area contributed by atoms with Gasteiger partial charge in [0.1, 0.15) is 6.04 Å². The number of amides is 2. The Hall–Kier alpha value is -5.12. The van der Waals surface area contributed by atoms with Crippen molar-refractivity contribution in [1.82, 2.24) is 5.32 Å². The summed E-state index contributed by atoms with van der Waals surface area (Å²) in [6.45, 7) is 5.44. The first-order valence-electron chi connectivity index (χ1n) is 16.8. The number of alkyl halides is 3. The Kier molecular flexibility index (Phi) is 11.6. The molecular weight excluding hydrogens is 643 g/mol. The molecule has 2 atom stereocenters. The quantitative estimate of drug-likeness (QED) is 0.155. The van der Waals surface area contributed by atoms with Crippen molar-refractivity contribution in [1.29, 1.82) is 0 Å². The zero-order chi connectivity index (χ0) is 35.8. The van der Waals surface area contributed by atoms with Crippen LogP contribution in [0.15, 0.2) is 103 Å². The zero-order valence-electron chi connectivity index (χ0n) is 28.4. The number of halogens is 3. The van der Waals surface area contributed by atoms with Crippen LogP contribution in [0.4, 0.5) is 24.5 Å². The zero-order valence-corrected chi connectivity index (χ0v) is 28.4. The number of nitrogens with one attached hydrogen (secondary N) is 2. The minimum atomic E-state index is -4.44. The molecule has 2 amide bonds. The van der Waals surface area contributed by atoms with Crippen molar-refractivity contribution in [2.45, 2.75) is 51.2 Å². The summed E-state index contributed by atoms with van der Waals surface area (Å²) >= 11 is 0. The molecule has 1 aliphatic heterocycles. The molecule has 5 rings (SSSR count). The number of piperidine rings is 1. The van der Waals surface area contributed by atoms with Crippen LogP contribution in [-0.4, -0.2) is 44.0 Å². The van der Waals surface area contributed by atoms with Crippen LogP contribution < -0.4 is 15.5 Å². The summed E-state index contributed by atoms with van der Waals surface area (Å²) in [7, 11) is 1.33. The van der Waals surface area contributed by atoms with E-state index in [9.17, 15) is 27.6 Å². The monoisotopic (exact) mass is 685 g/mol. The van der Waals surface area contributed by atoms with Crippen LogP contribution >= 0.6 is 0 Å². The first-order valence-corrected chi connectivity index (χ1v) is 16.8. The van der Waals surface area contributed by atoms with Crippen molar-refractivity contribution in [2.24, 2.45) is 11.8 Å². The van der Waals surface area contributed by atoms with Crippen molar-refractivity contribution in [3.8, 4) is 11.1 Å². The first kappa shape index (κ1) is 36.2. The number of carbonyl (C=O) groups is 3. The number of nitrogens with zero attached hydrogens (tertiary/aromatic N) is 1. The maximum Gasteiger partial charge on any atom is 0.416 e. The third-order valence-corrected chi connectivity index (χ3v) is 9.15. The molecule has 0 spiro atoms. The fraction of sp³-hybridized carbons (Fsp3) is 0.325. The number of benzene rings is 4. The molecular formula is C40H42F3N3O4. The van der Waals surface area contributed by atoms with Gasteiger partial charge in [-0.2, -0.15) is 13.2 Å². The summed E-state index contributed by atoms with van der Waals surface area (Å²) in [6, 6.07) is 28.0. The Balaban J connectivity index is 1.24. The van der Waals surface area contributed by atoms with Crippen molar-refractivity contribution >= 4 is 29.2 Å². The topological polar surface area (TPSA) is 87.7 Å². The average Bonchev–Trinajstić information content (AvgIpc) is 3.11. The Bertz CT molecular complexity index is 1750. The Morgan fingerprint density at radius 1 is 0.840 bits per heavy atom. The lowest BCUT2D eigenvalue weighted by Gasteiger charge is -2.37. The molecule has 262 valence electrons. The molecule has 10 heteroatoms. The summed E-state index contributed by atoms with van der Waals surface area (Å²) in [5.41, 5.74) is 3.11. The lowest BCUT2D eigenvalue weighted by molar-refractivity contribution is -0.146. The number of anilines is 2. The SMILES string of the molecule is COC(=O)C(CC(C)C)NC(=O)C(c1ccccc1)C1CCN(c2ccc(NC(=O)c3ccccc3-c3ccc(C(F)(F)F)cc3)cc2)CC1. The molecule has 7 nitrogen and oxygen atoms in total. The number of hydrogen-bond acceptors (Lipinski definition) is 5. The highest BCUT2D eigenvalue weighted by Crippen LogP contribution is 2.36. The maximum absolute atomic E-state index is 13.8. The van der Waals surface area contributed by atoms with Gasteiger partial charge in [-0.3, -0.25) is 9.59 Å². The van der Waals surface area contributed by atoms with Crippen LogP contribution in [0.25, 0.3) is 11.1 Å². The van der Waals surface area contributed by atoms with Gasteiger partial charge in [0.15, 0.2) is 0 Å². The number of hydrogen-bond donors (Lipinski definition) is 2. The van der Waals surface area contributed by atoms with E-state index in [4.69, 9.17) is 4.74 Å². The van der Waals surface area contributed by atoms with Crippen molar-refractivity contribution < 1.29 is 32.3 Å². The number of rotatable bonds is 11. The summed E-state index contributed by atoms with van der Waals surface area (Å²) in [6.07, 6.45) is -2.43. The second kappa shape index (κ2) is 16.1. The summed E-state index contributed by atoms with van der Waals surface area (Å²) in [5, 5.41) is 5.90. The van der Waals surface area contributed by atoms with Gasteiger partial charge in [0, 0.05) is 30.0 Å². The van der Waals surface area contributed by atoms with Gasteiger partial charge < -0.3 is 20.3 Å². The second-order valence-corrected chi connectivity index (χ2v) is 13.0. The summed E-state index contributed by atoms with van der Waals surface area (Å²) in [4.78, 5) is 41.8. The van der Waals surface area contributed by atoms with Crippen LogP contribution in [0.1, 0.15) is 60.5 Å². The molecule has 4 aromatic rings. The molecule has 1 heterocycles. The lowest BCUT2D eigenvalue weighted by atomic mass is 9.79. The minimum absolute atomic E-state index is 0.0642. The fourth-order valence-corrected chi connectivity index (χ4v) is 6.60. The van der Waals surface area contributed by atoms with Gasteiger partial charge in [0.05, 0.1) is 18.6 Å². The van der Waals surface area contributed by atoms with Crippen molar-refractivity contribution in [3.05, 3.63) is 120 Å². The smallest absolute Gasteiger partial charge is 0.416 e. The molecule has 0 aliphatic carbocycles. The fourth-order valence-electron chi connectivity index (χ4n) is 6.60. The van der Waals surface area contributed by atoms with E-state index in [0.29, 0.717) is 28.8 Å². The van der Waals surface area contributed by atoms with E-state index in [0.717, 1.165) is 49.3 Å². The van der Waals surface area contributed by atoms with Crippen LogP contribution in [0.3, 0.4) is 0 Å². The molecule has 0 bridgehead atoms. The van der Waals surface area contributed by atoms with Crippen molar-refractivity contribution in [3.63, 3.8) is 0 Å². The normalized spacial score (nSPS) is 14.9. The number of ether oxygens (including phenoxy) is 1. The minimum Gasteiger partial charge on any atom is -0.467 e. The van der Waals surface area contributed by atoms with Gasteiger partial charge in [-0.1, -0.05) is 74.5 Å². The largest absolute Gasteiger partial charge is 0.467 e. The predicted octanol–water partition coefficient (Wildman–Crippen LogP) is 8.33. The molecule has 2 N–H and O–H groups in total. The van der Waals surface area contributed by atoms with Gasteiger partial charge >= 0.3 is 12.1 Å². The Morgan fingerprint density at radius 3 is 2.06 bits per heavy atom. The van der Waals surface area contributed by atoms with E-state index in [-0.39, 0.29) is 23.7 Å². The molecule has 1 fully saturated rings. The van der Waals surface area contributed by atoms with Crippen LogP contribution in [0.5, 0.6) is 0 Å². The summed E-state index contributed by atoms with van der Waals surface area (Å²) in [5.74, 6) is -1.15. The van der Waals surface area contributed by atoms with Gasteiger partial charge in [-0.05, 0) is 90.3 Å². The van der Waals surface area contributed by atoms with Crippen molar-refractivity contribution in [2.75, 3.05) is 30.4 Å². The van der Waals surface area contributed by atoms with E-state index in [2.05, 4.69) is 15.5 Å². The summed E-state index contributed by atoms with van der Waals surface area (Å²) < 4.78 is 44.2. The molecule has 0 radical (unpaired) electrons. The van der Waals surface area contributed by atoms with E-state index in [1.165, 1.54) is 19.2 Å². The molecule has 1 saturated heterocycles.